The van der Waals surface area contributed by atoms with Crippen molar-refractivity contribution in [3.8, 4) is 0 Å². The first-order valence-electron chi connectivity index (χ1n) is 13.2. The fourth-order valence-electron chi connectivity index (χ4n) is 6.34. The first-order chi connectivity index (χ1) is 19.2. The Morgan fingerprint density at radius 3 is 1.46 bits per heavy atom. The Bertz CT molecular complexity index is 1570. The lowest BCUT2D eigenvalue weighted by molar-refractivity contribution is -0.122. The van der Waals surface area contributed by atoms with E-state index in [0.29, 0.717) is 11.4 Å². The predicted octanol–water partition coefficient (Wildman–Crippen LogP) is 7.53. The number of carbonyl (C=O) groups excluding carboxylic acids is 2. The molecule has 1 saturated carbocycles. The summed E-state index contributed by atoms with van der Waals surface area (Å²) in [6, 6.07) is 37.2. The summed E-state index contributed by atoms with van der Waals surface area (Å²) in [6.45, 7) is 0. The van der Waals surface area contributed by atoms with E-state index in [4.69, 9.17) is 0 Å². The lowest BCUT2D eigenvalue weighted by atomic mass is 9.85. The van der Waals surface area contributed by atoms with Crippen LogP contribution in [0.1, 0.15) is 11.1 Å². The predicted molar refractivity (Wildman–Crippen MR) is 152 cm³/mol. The van der Waals surface area contributed by atoms with Crippen LogP contribution in [0.25, 0.3) is 5.57 Å². The number of imide groups is 1. The zero-order valence-electron chi connectivity index (χ0n) is 21.1. The highest BCUT2D eigenvalue weighted by Crippen LogP contribution is 2.58. The summed E-state index contributed by atoms with van der Waals surface area (Å²) in [5.41, 5.74) is 6.52. The fourth-order valence-corrected chi connectivity index (χ4v) is 6.34. The van der Waals surface area contributed by atoms with E-state index >= 15 is 0 Å². The number of fused-ring (bicyclic) bond motifs is 5. The van der Waals surface area contributed by atoms with Crippen molar-refractivity contribution in [2.45, 2.75) is 0 Å². The van der Waals surface area contributed by atoms with Gasteiger partial charge in [0.15, 0.2) is 0 Å². The van der Waals surface area contributed by atoms with Gasteiger partial charge in [-0.1, -0.05) is 91.0 Å². The van der Waals surface area contributed by atoms with E-state index in [2.05, 4.69) is 46.6 Å². The van der Waals surface area contributed by atoms with Crippen molar-refractivity contribution in [1.82, 2.24) is 0 Å². The van der Waals surface area contributed by atoms with Crippen LogP contribution in [0.4, 0.5) is 17.1 Å². The monoisotopic (exact) mass is 507 g/mol. The van der Waals surface area contributed by atoms with Crippen LogP contribution in [0.2, 0.25) is 0 Å². The molecule has 39 heavy (non-hydrogen) atoms. The summed E-state index contributed by atoms with van der Waals surface area (Å²) in [6.07, 6.45) is 4.27. The molecule has 2 aliphatic carbocycles. The second kappa shape index (κ2) is 9.44. The molecule has 0 N–H and O–H groups in total. The average molecular weight is 508 g/mol. The lowest BCUT2D eigenvalue weighted by Crippen LogP contribution is -2.33. The van der Waals surface area contributed by atoms with Gasteiger partial charge in [0.25, 0.3) is 0 Å². The zero-order chi connectivity index (χ0) is 26.3. The third-order valence-corrected chi connectivity index (χ3v) is 7.97. The molecule has 4 aromatic carbocycles. The van der Waals surface area contributed by atoms with Gasteiger partial charge in [-0.05, 0) is 58.7 Å². The minimum Gasteiger partial charge on any atom is -0.274 e. The maximum absolute atomic E-state index is 13.8. The Hall–Kier alpha value is -4.90. The van der Waals surface area contributed by atoms with E-state index in [1.807, 2.05) is 66.7 Å². The Morgan fingerprint density at radius 1 is 0.538 bits per heavy atom. The molecule has 2 fully saturated rings. The zero-order valence-corrected chi connectivity index (χ0v) is 21.1. The van der Waals surface area contributed by atoms with Crippen molar-refractivity contribution < 1.29 is 9.59 Å². The van der Waals surface area contributed by atoms with Crippen LogP contribution in [0.5, 0.6) is 0 Å². The molecule has 0 aromatic heterocycles. The van der Waals surface area contributed by atoms with Gasteiger partial charge < -0.3 is 0 Å². The summed E-state index contributed by atoms with van der Waals surface area (Å²) in [4.78, 5) is 29.0. The molecular formula is C34H25N3O2. The van der Waals surface area contributed by atoms with Crippen LogP contribution < -0.4 is 4.90 Å². The minimum absolute atomic E-state index is 0.101. The molecule has 0 spiro atoms. The van der Waals surface area contributed by atoms with Gasteiger partial charge in [-0.15, -0.1) is 0 Å². The number of amides is 2. The first kappa shape index (κ1) is 23.2. The highest BCUT2D eigenvalue weighted by molar-refractivity contribution is 6.23. The smallest absolute Gasteiger partial charge is 0.238 e. The quantitative estimate of drug-likeness (QED) is 0.159. The van der Waals surface area contributed by atoms with Gasteiger partial charge in [0, 0.05) is 11.8 Å². The van der Waals surface area contributed by atoms with Crippen LogP contribution in [-0.2, 0) is 9.59 Å². The molecule has 7 rings (SSSR count). The van der Waals surface area contributed by atoms with Gasteiger partial charge in [0.1, 0.15) is 0 Å². The largest absolute Gasteiger partial charge is 0.274 e. The van der Waals surface area contributed by atoms with Gasteiger partial charge in [-0.2, -0.15) is 10.2 Å². The number of benzene rings is 4. The molecule has 2 bridgehead atoms. The van der Waals surface area contributed by atoms with Gasteiger partial charge in [-0.3, -0.25) is 9.59 Å². The molecular weight excluding hydrogens is 482 g/mol. The molecule has 1 aliphatic heterocycles. The van der Waals surface area contributed by atoms with Crippen LogP contribution in [0, 0.1) is 23.7 Å². The van der Waals surface area contributed by atoms with Gasteiger partial charge in [-0.25, -0.2) is 4.90 Å². The van der Waals surface area contributed by atoms with Crippen LogP contribution in [0.3, 0.4) is 0 Å². The first-order valence-corrected chi connectivity index (χ1v) is 13.2. The standard InChI is InChI=1S/C34H25N3O2/c38-33-31-27-20-21-28(30(27)29(22-10-4-1-5-11-22)23-12-6-2-7-13-23)32(31)34(39)37(33)26-18-16-25(17-19-26)36-35-24-14-8-3-9-15-24/h1-21,27-28,31-32H/t27-,28-,31-,32+/m0/s1. The van der Waals surface area contributed by atoms with Crippen molar-refractivity contribution in [3.05, 3.63) is 144 Å². The van der Waals surface area contributed by atoms with Crippen LogP contribution in [0.15, 0.2) is 143 Å². The maximum Gasteiger partial charge on any atom is 0.238 e. The topological polar surface area (TPSA) is 62.1 Å². The molecule has 2 amide bonds. The van der Waals surface area contributed by atoms with E-state index in [9.17, 15) is 9.59 Å². The number of carbonyl (C=O) groups is 2. The molecule has 4 atom stereocenters. The van der Waals surface area contributed by atoms with E-state index in [1.165, 1.54) is 10.5 Å². The lowest BCUT2D eigenvalue weighted by Gasteiger charge is -2.21. The Morgan fingerprint density at radius 2 is 0.974 bits per heavy atom. The molecule has 0 unspecified atom stereocenters. The van der Waals surface area contributed by atoms with Crippen molar-refractivity contribution in [2.24, 2.45) is 33.9 Å². The summed E-state index contributed by atoms with van der Waals surface area (Å²) in [5, 5.41) is 8.53. The maximum atomic E-state index is 13.8. The third-order valence-electron chi connectivity index (χ3n) is 7.97. The van der Waals surface area contributed by atoms with Crippen LogP contribution >= 0.6 is 0 Å². The summed E-state index contributed by atoms with van der Waals surface area (Å²) < 4.78 is 0. The SMILES string of the molecule is O=C1[C@@H]2[C@H](C(=O)N1c1ccc(N=Nc3ccccc3)cc1)[C@H]1C=C[C@H]2C1=C(c1ccccc1)c1ccccc1. The fraction of sp³-hybridized carbons (Fsp3) is 0.118. The average Bonchev–Trinajstić information content (AvgIpc) is 3.63. The Labute approximate surface area is 226 Å². The summed E-state index contributed by atoms with van der Waals surface area (Å²) >= 11 is 0. The number of allylic oxidation sites excluding steroid dienone is 3. The van der Waals surface area contributed by atoms with Crippen molar-refractivity contribution >= 4 is 34.4 Å². The molecule has 5 heteroatoms. The highest BCUT2D eigenvalue weighted by atomic mass is 16.2. The molecule has 5 nitrogen and oxygen atoms in total. The van der Waals surface area contributed by atoms with Gasteiger partial charge in [0.2, 0.25) is 11.8 Å². The normalized spacial score (nSPS) is 23.2. The molecule has 0 radical (unpaired) electrons. The molecule has 1 saturated heterocycles. The van der Waals surface area contributed by atoms with Crippen molar-refractivity contribution in [1.29, 1.82) is 0 Å². The number of nitrogens with zero attached hydrogens (tertiary/aromatic N) is 3. The third kappa shape index (κ3) is 3.86. The van der Waals surface area contributed by atoms with Gasteiger partial charge in [0.05, 0.1) is 28.9 Å². The number of azo groups is 1. The minimum atomic E-state index is -0.387. The summed E-state index contributed by atoms with van der Waals surface area (Å²) in [7, 11) is 0. The molecule has 188 valence electrons. The Kier molecular flexibility index (Phi) is 5.63. The van der Waals surface area contributed by atoms with Crippen molar-refractivity contribution in [3.63, 3.8) is 0 Å². The number of hydrogen-bond acceptors (Lipinski definition) is 4. The number of hydrogen-bond donors (Lipinski definition) is 0. The second-order valence-corrected chi connectivity index (χ2v) is 10.1. The van der Waals surface area contributed by atoms with Crippen molar-refractivity contribution in [2.75, 3.05) is 4.90 Å². The van der Waals surface area contributed by atoms with Crippen LogP contribution in [-0.4, -0.2) is 11.8 Å². The molecule has 1 heterocycles. The summed E-state index contributed by atoms with van der Waals surface area (Å²) in [5.74, 6) is -1.23. The van der Waals surface area contributed by atoms with E-state index in [0.717, 1.165) is 22.4 Å². The molecule has 4 aromatic rings. The highest BCUT2D eigenvalue weighted by Gasteiger charge is 2.62. The van der Waals surface area contributed by atoms with Gasteiger partial charge >= 0.3 is 0 Å². The number of anilines is 1. The Balaban J connectivity index is 1.21. The van der Waals surface area contributed by atoms with E-state index < -0.39 is 0 Å². The second-order valence-electron chi connectivity index (χ2n) is 10.1. The number of rotatable bonds is 5. The van der Waals surface area contributed by atoms with E-state index in [1.54, 1.807) is 24.3 Å². The molecule has 3 aliphatic rings. The van der Waals surface area contributed by atoms with E-state index in [-0.39, 0.29) is 35.5 Å².